The Morgan fingerprint density at radius 2 is 1.67 bits per heavy atom. The van der Waals surface area contributed by atoms with Crippen molar-refractivity contribution in [3.8, 4) is 0 Å². The lowest BCUT2D eigenvalue weighted by Crippen LogP contribution is -2.57. The van der Waals surface area contributed by atoms with Crippen molar-refractivity contribution >= 4 is 17.8 Å². The van der Waals surface area contributed by atoms with Crippen LogP contribution in [0.15, 0.2) is 0 Å². The maximum Gasteiger partial charge on any atom is 0.322 e. The fourth-order valence-electron chi connectivity index (χ4n) is 3.90. The summed E-state index contributed by atoms with van der Waals surface area (Å²) in [5, 5.41) is 5.03. The monoisotopic (exact) mass is 293 g/mol. The second-order valence-corrected chi connectivity index (χ2v) is 6.90. The Hall–Kier alpha value is -1.59. The van der Waals surface area contributed by atoms with Crippen molar-refractivity contribution in [3.63, 3.8) is 0 Å². The molecule has 1 saturated carbocycles. The molecule has 2 N–H and O–H groups in total. The predicted octanol–water partition coefficient (Wildman–Crippen LogP) is 1.16. The van der Waals surface area contributed by atoms with E-state index in [2.05, 4.69) is 17.6 Å². The molecule has 2 saturated heterocycles. The van der Waals surface area contributed by atoms with Gasteiger partial charge in [-0.3, -0.25) is 14.9 Å². The van der Waals surface area contributed by atoms with Gasteiger partial charge in [0.1, 0.15) is 5.54 Å². The number of piperidine rings is 1. The first-order valence-electron chi connectivity index (χ1n) is 7.88. The third kappa shape index (κ3) is 2.40. The quantitative estimate of drug-likeness (QED) is 0.712. The van der Waals surface area contributed by atoms with Crippen LogP contribution in [0, 0.1) is 5.41 Å². The summed E-state index contributed by atoms with van der Waals surface area (Å²) < 4.78 is 0. The minimum absolute atomic E-state index is 0.224. The van der Waals surface area contributed by atoms with Crippen LogP contribution < -0.4 is 10.6 Å². The van der Waals surface area contributed by atoms with Gasteiger partial charge in [0.05, 0.1) is 0 Å². The minimum Gasteiger partial charge on any atom is -0.342 e. The normalized spacial score (nSPS) is 27.4. The Kier molecular flexibility index (Phi) is 3.42. The van der Waals surface area contributed by atoms with E-state index in [1.807, 2.05) is 4.90 Å². The zero-order chi connectivity index (χ0) is 15.1. The minimum atomic E-state index is -0.790. The largest absolute Gasteiger partial charge is 0.342 e. The SMILES string of the molecule is CC1(C(=O)N2CCC3(CC2)NC(=O)NC3=O)CCCCC1. The number of hydrogen-bond donors (Lipinski definition) is 2. The zero-order valence-electron chi connectivity index (χ0n) is 12.5. The van der Waals surface area contributed by atoms with E-state index < -0.39 is 11.6 Å². The highest BCUT2D eigenvalue weighted by atomic mass is 16.2. The van der Waals surface area contributed by atoms with Crippen LogP contribution in [0.2, 0.25) is 0 Å². The molecule has 0 aromatic heterocycles. The lowest BCUT2D eigenvalue weighted by molar-refractivity contribution is -0.146. The van der Waals surface area contributed by atoms with Crippen LogP contribution in [-0.4, -0.2) is 41.4 Å². The molecule has 0 bridgehead atoms. The van der Waals surface area contributed by atoms with Crippen molar-refractivity contribution in [2.24, 2.45) is 5.41 Å². The fraction of sp³-hybridized carbons (Fsp3) is 0.800. The zero-order valence-corrected chi connectivity index (χ0v) is 12.5. The van der Waals surface area contributed by atoms with E-state index in [0.717, 1.165) is 25.7 Å². The summed E-state index contributed by atoms with van der Waals surface area (Å²) in [6, 6.07) is -0.418. The summed E-state index contributed by atoms with van der Waals surface area (Å²) in [7, 11) is 0. The van der Waals surface area contributed by atoms with Gasteiger partial charge in [-0.1, -0.05) is 26.2 Å². The second-order valence-electron chi connectivity index (χ2n) is 6.90. The third-order valence-corrected chi connectivity index (χ3v) is 5.39. The Labute approximate surface area is 124 Å². The smallest absolute Gasteiger partial charge is 0.322 e. The van der Waals surface area contributed by atoms with Crippen molar-refractivity contribution in [3.05, 3.63) is 0 Å². The van der Waals surface area contributed by atoms with Crippen LogP contribution in [0.1, 0.15) is 51.9 Å². The standard InChI is InChI=1S/C15H23N3O3/c1-14(5-3-2-4-6-14)12(20)18-9-7-15(8-10-18)11(19)16-13(21)17-15/h2-10H2,1H3,(H2,16,17,19,21). The molecule has 0 aromatic rings. The molecule has 116 valence electrons. The fourth-order valence-corrected chi connectivity index (χ4v) is 3.90. The number of nitrogens with zero attached hydrogens (tertiary/aromatic N) is 1. The van der Waals surface area contributed by atoms with Crippen molar-refractivity contribution in [2.45, 2.75) is 57.4 Å². The molecule has 0 radical (unpaired) electrons. The third-order valence-electron chi connectivity index (χ3n) is 5.39. The summed E-state index contributed by atoms with van der Waals surface area (Å²) >= 11 is 0. The highest BCUT2D eigenvalue weighted by molar-refractivity contribution is 6.07. The van der Waals surface area contributed by atoms with Crippen LogP contribution in [0.4, 0.5) is 4.79 Å². The highest BCUT2D eigenvalue weighted by Gasteiger charge is 2.49. The van der Waals surface area contributed by atoms with E-state index >= 15 is 0 Å². The van der Waals surface area contributed by atoms with E-state index in [1.165, 1.54) is 6.42 Å². The second kappa shape index (κ2) is 5.00. The number of urea groups is 1. The van der Waals surface area contributed by atoms with Gasteiger partial charge in [-0.25, -0.2) is 4.79 Å². The topological polar surface area (TPSA) is 78.5 Å². The average molecular weight is 293 g/mol. The predicted molar refractivity (Wildman–Crippen MR) is 76.4 cm³/mol. The molecule has 4 amide bonds. The van der Waals surface area contributed by atoms with Crippen molar-refractivity contribution in [1.82, 2.24) is 15.5 Å². The van der Waals surface area contributed by atoms with Gasteiger partial charge in [0, 0.05) is 18.5 Å². The molecule has 1 spiro atoms. The summed E-state index contributed by atoms with van der Waals surface area (Å²) in [5.74, 6) is -0.0229. The van der Waals surface area contributed by atoms with Crippen LogP contribution >= 0.6 is 0 Å². The first-order valence-corrected chi connectivity index (χ1v) is 7.88. The molecular formula is C15H23N3O3. The van der Waals surface area contributed by atoms with Gasteiger partial charge in [-0.05, 0) is 25.7 Å². The summed E-state index contributed by atoms with van der Waals surface area (Å²) in [4.78, 5) is 37.9. The Bertz CT molecular complexity index is 475. The number of hydrogen-bond acceptors (Lipinski definition) is 3. The summed E-state index contributed by atoms with van der Waals surface area (Å²) in [6.45, 7) is 3.16. The van der Waals surface area contributed by atoms with Gasteiger partial charge < -0.3 is 10.2 Å². The Morgan fingerprint density at radius 1 is 1.05 bits per heavy atom. The first kappa shape index (κ1) is 14.4. The molecule has 0 unspecified atom stereocenters. The molecule has 2 aliphatic heterocycles. The van der Waals surface area contributed by atoms with Gasteiger partial charge >= 0.3 is 6.03 Å². The molecule has 3 aliphatic rings. The number of likely N-dealkylation sites (tertiary alicyclic amines) is 1. The van der Waals surface area contributed by atoms with Crippen LogP contribution in [0.25, 0.3) is 0 Å². The summed E-state index contributed by atoms with van der Waals surface area (Å²) in [5.41, 5.74) is -1.02. The van der Waals surface area contributed by atoms with Crippen molar-refractivity contribution < 1.29 is 14.4 Å². The molecule has 0 atom stereocenters. The molecule has 1 aliphatic carbocycles. The Morgan fingerprint density at radius 3 is 2.19 bits per heavy atom. The molecule has 2 heterocycles. The molecule has 6 heteroatoms. The van der Waals surface area contributed by atoms with E-state index in [4.69, 9.17) is 0 Å². The van der Waals surface area contributed by atoms with Crippen LogP contribution in [0.3, 0.4) is 0 Å². The van der Waals surface area contributed by atoms with Gasteiger partial charge in [0.25, 0.3) is 5.91 Å². The molecule has 21 heavy (non-hydrogen) atoms. The Balaban J connectivity index is 1.64. The first-order chi connectivity index (χ1) is 9.95. The number of imide groups is 1. The number of carbonyl (C=O) groups excluding carboxylic acids is 3. The molecular weight excluding hydrogens is 270 g/mol. The molecule has 6 nitrogen and oxygen atoms in total. The number of rotatable bonds is 1. The maximum atomic E-state index is 12.8. The number of carbonyl (C=O) groups is 3. The highest BCUT2D eigenvalue weighted by Crippen LogP contribution is 2.38. The van der Waals surface area contributed by atoms with E-state index in [0.29, 0.717) is 25.9 Å². The maximum absolute atomic E-state index is 12.8. The lowest BCUT2D eigenvalue weighted by atomic mass is 9.74. The molecule has 0 aromatic carbocycles. The van der Waals surface area contributed by atoms with E-state index in [1.54, 1.807) is 0 Å². The molecule has 3 fully saturated rings. The van der Waals surface area contributed by atoms with Crippen LogP contribution in [0.5, 0.6) is 0 Å². The molecule has 3 rings (SSSR count). The number of nitrogens with one attached hydrogen (secondary N) is 2. The van der Waals surface area contributed by atoms with E-state index in [-0.39, 0.29) is 17.2 Å². The van der Waals surface area contributed by atoms with Crippen molar-refractivity contribution in [2.75, 3.05) is 13.1 Å². The van der Waals surface area contributed by atoms with E-state index in [9.17, 15) is 14.4 Å². The van der Waals surface area contributed by atoms with Gasteiger partial charge in [0.2, 0.25) is 5.91 Å². The number of amides is 4. The summed E-state index contributed by atoms with van der Waals surface area (Å²) in [6.07, 6.45) is 6.41. The van der Waals surface area contributed by atoms with Crippen molar-refractivity contribution in [1.29, 1.82) is 0 Å². The van der Waals surface area contributed by atoms with Gasteiger partial charge in [0.15, 0.2) is 0 Å². The van der Waals surface area contributed by atoms with Gasteiger partial charge in [-0.2, -0.15) is 0 Å². The van der Waals surface area contributed by atoms with Crippen LogP contribution in [-0.2, 0) is 9.59 Å². The average Bonchev–Trinajstić information content (AvgIpc) is 2.74. The van der Waals surface area contributed by atoms with Gasteiger partial charge in [-0.15, -0.1) is 0 Å². The lowest BCUT2D eigenvalue weighted by Gasteiger charge is -2.42.